The third-order valence-corrected chi connectivity index (χ3v) is 4.57. The fourth-order valence-corrected chi connectivity index (χ4v) is 3.15. The number of carbonyl (C=O) groups is 1. The highest BCUT2D eigenvalue weighted by atomic mass is 16.2. The summed E-state index contributed by atoms with van der Waals surface area (Å²) in [6, 6.07) is 9.62. The highest BCUT2D eigenvalue weighted by Crippen LogP contribution is 2.17. The van der Waals surface area contributed by atoms with E-state index in [-0.39, 0.29) is 11.9 Å². The first-order valence-electron chi connectivity index (χ1n) is 8.87. The second-order valence-electron chi connectivity index (χ2n) is 6.52. The van der Waals surface area contributed by atoms with E-state index in [0.717, 1.165) is 28.7 Å². The molecular formula is C19H21N7O. The van der Waals surface area contributed by atoms with Crippen LogP contribution in [-0.4, -0.2) is 35.4 Å². The summed E-state index contributed by atoms with van der Waals surface area (Å²) in [5.74, 6) is -0.205. The molecule has 1 atom stereocenters. The lowest BCUT2D eigenvalue weighted by atomic mass is 10.1. The van der Waals surface area contributed by atoms with Crippen molar-refractivity contribution in [2.24, 2.45) is 7.05 Å². The maximum Gasteiger partial charge on any atom is 0.272 e. The Morgan fingerprint density at radius 1 is 1.33 bits per heavy atom. The summed E-state index contributed by atoms with van der Waals surface area (Å²) in [5.41, 5.74) is 4.18. The van der Waals surface area contributed by atoms with Crippen LogP contribution in [0, 0.1) is 0 Å². The predicted octanol–water partition coefficient (Wildman–Crippen LogP) is 2.42. The number of carbonyl (C=O) groups excluding carboxylic acids is 1. The van der Waals surface area contributed by atoms with Crippen molar-refractivity contribution in [2.75, 3.05) is 0 Å². The number of hydrogen-bond acceptors (Lipinski definition) is 4. The van der Waals surface area contributed by atoms with Gasteiger partial charge < -0.3 is 9.88 Å². The maximum absolute atomic E-state index is 12.6. The summed E-state index contributed by atoms with van der Waals surface area (Å²) < 4.78 is 3.75. The zero-order valence-electron chi connectivity index (χ0n) is 15.3. The van der Waals surface area contributed by atoms with Gasteiger partial charge in [0.2, 0.25) is 0 Å². The van der Waals surface area contributed by atoms with E-state index in [0.29, 0.717) is 12.2 Å². The molecule has 1 amide bonds. The Morgan fingerprint density at radius 3 is 2.96 bits per heavy atom. The predicted molar refractivity (Wildman–Crippen MR) is 101 cm³/mol. The van der Waals surface area contributed by atoms with Gasteiger partial charge in [-0.2, -0.15) is 10.2 Å². The highest BCUT2D eigenvalue weighted by Gasteiger charge is 2.18. The second kappa shape index (κ2) is 7.06. The molecule has 0 aliphatic rings. The molecule has 0 spiro atoms. The van der Waals surface area contributed by atoms with Crippen LogP contribution in [-0.2, 0) is 13.6 Å². The Morgan fingerprint density at radius 2 is 2.19 bits per heavy atom. The zero-order valence-corrected chi connectivity index (χ0v) is 15.3. The smallest absolute Gasteiger partial charge is 0.272 e. The van der Waals surface area contributed by atoms with Crippen LogP contribution in [0.5, 0.6) is 0 Å². The minimum Gasteiger partial charge on any atom is -0.344 e. The van der Waals surface area contributed by atoms with Crippen molar-refractivity contribution in [3.63, 3.8) is 0 Å². The van der Waals surface area contributed by atoms with Gasteiger partial charge in [0.15, 0.2) is 0 Å². The van der Waals surface area contributed by atoms with Crippen LogP contribution in [0.2, 0.25) is 0 Å². The van der Waals surface area contributed by atoms with Crippen molar-refractivity contribution < 1.29 is 4.79 Å². The van der Waals surface area contributed by atoms with Gasteiger partial charge in [0, 0.05) is 18.8 Å². The van der Waals surface area contributed by atoms with E-state index >= 15 is 0 Å². The van der Waals surface area contributed by atoms with E-state index < -0.39 is 0 Å². The van der Waals surface area contributed by atoms with E-state index in [1.165, 1.54) is 0 Å². The topological polar surface area (TPSA) is 93.4 Å². The van der Waals surface area contributed by atoms with E-state index in [2.05, 4.69) is 25.6 Å². The SMILES string of the molecule is CCC(NC(=O)c1cc(Cn2cnc3ccccc32)[nH]n1)c1cnn(C)c1. The molecule has 2 N–H and O–H groups in total. The number of H-pyrrole nitrogens is 1. The van der Waals surface area contributed by atoms with Crippen molar-refractivity contribution >= 4 is 16.9 Å². The molecule has 0 saturated heterocycles. The maximum atomic E-state index is 12.6. The number of imidazole rings is 1. The van der Waals surface area contributed by atoms with E-state index in [9.17, 15) is 4.79 Å². The number of rotatable bonds is 6. The summed E-state index contributed by atoms with van der Waals surface area (Å²) in [5, 5.41) is 14.3. The standard InChI is InChI=1S/C19H21N7O/c1-3-15(13-9-21-25(2)10-13)22-19(27)17-8-14(23-24-17)11-26-12-20-16-6-4-5-7-18(16)26/h4-10,12,15H,3,11H2,1-2H3,(H,22,27)(H,23,24). The number of aromatic nitrogens is 6. The third kappa shape index (κ3) is 3.46. The highest BCUT2D eigenvalue weighted by molar-refractivity contribution is 5.92. The fraction of sp³-hybridized carbons (Fsp3) is 0.263. The average molecular weight is 363 g/mol. The van der Waals surface area contributed by atoms with E-state index in [1.807, 2.05) is 49.0 Å². The summed E-state index contributed by atoms with van der Waals surface area (Å²) in [6.45, 7) is 2.60. The van der Waals surface area contributed by atoms with Crippen molar-refractivity contribution in [3.05, 3.63) is 66.0 Å². The van der Waals surface area contributed by atoms with Crippen LogP contribution >= 0.6 is 0 Å². The molecule has 0 fully saturated rings. The molecule has 8 nitrogen and oxygen atoms in total. The van der Waals surface area contributed by atoms with Gasteiger partial charge in [-0.1, -0.05) is 19.1 Å². The van der Waals surface area contributed by atoms with Crippen molar-refractivity contribution in [1.82, 2.24) is 34.8 Å². The fourth-order valence-electron chi connectivity index (χ4n) is 3.15. The lowest BCUT2D eigenvalue weighted by Crippen LogP contribution is -2.28. The normalized spacial score (nSPS) is 12.4. The minimum atomic E-state index is -0.205. The van der Waals surface area contributed by atoms with Gasteiger partial charge >= 0.3 is 0 Å². The van der Waals surface area contributed by atoms with Gasteiger partial charge in [0.05, 0.1) is 41.8 Å². The van der Waals surface area contributed by atoms with Gasteiger partial charge in [-0.05, 0) is 24.6 Å². The molecule has 27 heavy (non-hydrogen) atoms. The number of fused-ring (bicyclic) bond motifs is 1. The molecule has 138 valence electrons. The molecule has 4 rings (SSSR count). The van der Waals surface area contributed by atoms with Crippen LogP contribution in [0.1, 0.15) is 41.1 Å². The number of para-hydroxylation sites is 2. The van der Waals surface area contributed by atoms with Crippen LogP contribution in [0.3, 0.4) is 0 Å². The number of benzene rings is 1. The quantitative estimate of drug-likeness (QED) is 0.550. The number of amides is 1. The number of hydrogen-bond donors (Lipinski definition) is 2. The second-order valence-corrected chi connectivity index (χ2v) is 6.52. The summed E-state index contributed by atoms with van der Waals surface area (Å²) in [7, 11) is 1.86. The third-order valence-electron chi connectivity index (χ3n) is 4.57. The first kappa shape index (κ1) is 17.0. The van der Waals surface area contributed by atoms with Crippen LogP contribution in [0.25, 0.3) is 11.0 Å². The molecule has 8 heteroatoms. The Hall–Kier alpha value is -3.42. The molecule has 0 aliphatic heterocycles. The number of aryl methyl sites for hydroxylation is 1. The van der Waals surface area contributed by atoms with Crippen molar-refractivity contribution in [3.8, 4) is 0 Å². The Kier molecular flexibility index (Phi) is 4.45. The summed E-state index contributed by atoms with van der Waals surface area (Å²) >= 11 is 0. The van der Waals surface area contributed by atoms with Gasteiger partial charge in [0.25, 0.3) is 5.91 Å². The molecular weight excluding hydrogens is 342 g/mol. The molecule has 4 aromatic rings. The monoisotopic (exact) mass is 363 g/mol. The number of nitrogens with one attached hydrogen (secondary N) is 2. The van der Waals surface area contributed by atoms with Crippen LogP contribution < -0.4 is 5.32 Å². The Bertz CT molecular complexity index is 1070. The van der Waals surface area contributed by atoms with Crippen molar-refractivity contribution in [1.29, 1.82) is 0 Å². The van der Waals surface area contributed by atoms with Gasteiger partial charge in [-0.3, -0.25) is 14.6 Å². The molecule has 1 unspecified atom stereocenters. The lowest BCUT2D eigenvalue weighted by Gasteiger charge is -2.14. The van der Waals surface area contributed by atoms with E-state index in [1.54, 1.807) is 23.3 Å². The Labute approximate surface area is 156 Å². The first-order valence-corrected chi connectivity index (χ1v) is 8.87. The van der Waals surface area contributed by atoms with Crippen LogP contribution in [0.4, 0.5) is 0 Å². The lowest BCUT2D eigenvalue weighted by molar-refractivity contribution is 0.0930. The molecule has 0 aliphatic carbocycles. The van der Waals surface area contributed by atoms with Gasteiger partial charge in [-0.25, -0.2) is 4.98 Å². The molecule has 0 bridgehead atoms. The van der Waals surface area contributed by atoms with Crippen molar-refractivity contribution in [2.45, 2.75) is 25.9 Å². The van der Waals surface area contributed by atoms with Gasteiger partial charge in [-0.15, -0.1) is 0 Å². The first-order chi connectivity index (χ1) is 13.1. The summed E-state index contributed by atoms with van der Waals surface area (Å²) in [6.07, 6.45) is 6.25. The summed E-state index contributed by atoms with van der Waals surface area (Å²) in [4.78, 5) is 17.0. The zero-order chi connectivity index (χ0) is 18.8. The molecule has 3 aromatic heterocycles. The molecule has 3 heterocycles. The molecule has 0 saturated carbocycles. The molecule has 1 aromatic carbocycles. The number of aromatic amines is 1. The Balaban J connectivity index is 1.47. The number of nitrogens with zero attached hydrogens (tertiary/aromatic N) is 5. The molecule has 0 radical (unpaired) electrons. The largest absolute Gasteiger partial charge is 0.344 e. The van der Waals surface area contributed by atoms with Gasteiger partial charge in [0.1, 0.15) is 5.69 Å². The minimum absolute atomic E-state index is 0.0936. The average Bonchev–Trinajstić information content (AvgIpc) is 3.41. The van der Waals surface area contributed by atoms with E-state index in [4.69, 9.17) is 0 Å². The van der Waals surface area contributed by atoms with Crippen LogP contribution in [0.15, 0.2) is 49.1 Å².